The van der Waals surface area contributed by atoms with Crippen molar-refractivity contribution in [3.8, 4) is 0 Å². The number of hydrogen-bond donors (Lipinski definition) is 0. The summed E-state index contributed by atoms with van der Waals surface area (Å²) in [5.74, 6) is 0. The summed E-state index contributed by atoms with van der Waals surface area (Å²) in [6.45, 7) is 2.18. The summed E-state index contributed by atoms with van der Waals surface area (Å²) < 4.78 is 0. The van der Waals surface area contributed by atoms with E-state index in [4.69, 9.17) is 0 Å². The van der Waals surface area contributed by atoms with Crippen LogP contribution in [0.1, 0.15) is 30.2 Å². The van der Waals surface area contributed by atoms with Gasteiger partial charge in [0.2, 0.25) is 0 Å². The summed E-state index contributed by atoms with van der Waals surface area (Å²) >= 11 is 0. The molecule has 1 aromatic heterocycles. The quantitative estimate of drug-likeness (QED) is 0.593. The average Bonchev–Trinajstić information content (AvgIpc) is 2.50. The number of aromatic nitrogens is 1. The van der Waals surface area contributed by atoms with Gasteiger partial charge in [0, 0.05) is 11.9 Å². The fourth-order valence-electron chi connectivity index (χ4n) is 1.88. The molecule has 0 aromatic carbocycles. The van der Waals surface area contributed by atoms with Gasteiger partial charge in [0.25, 0.3) is 0 Å². The van der Waals surface area contributed by atoms with E-state index in [0.29, 0.717) is 0 Å². The molecular weight excluding hydrogens is 134 g/mol. The zero-order valence-electron chi connectivity index (χ0n) is 6.93. The molecule has 1 aliphatic carbocycles. The Morgan fingerprint density at radius 3 is 3.18 bits per heavy atom. The third kappa shape index (κ3) is 1.05. The first-order chi connectivity index (χ1) is 5.42. The van der Waals surface area contributed by atoms with Crippen LogP contribution in [0.25, 0.3) is 0 Å². The second-order valence-corrected chi connectivity index (χ2v) is 3.10. The minimum atomic E-state index is 1.09. The fraction of sp³-hybridized carbons (Fsp3) is 0.500. The molecule has 0 fully saturated rings. The highest BCUT2D eigenvalue weighted by atomic mass is 14.7. The standard InChI is InChI=1S/C10H13N/c1-2-10-9-5-3-4-8(9)6-7-11-10/h6-7H,2-5H2,1H3. The van der Waals surface area contributed by atoms with Gasteiger partial charge >= 0.3 is 0 Å². The Labute approximate surface area is 67.5 Å². The summed E-state index contributed by atoms with van der Waals surface area (Å²) in [5.41, 5.74) is 4.40. The lowest BCUT2D eigenvalue weighted by molar-refractivity contribution is 0.898. The Kier molecular flexibility index (Phi) is 1.65. The van der Waals surface area contributed by atoms with E-state index in [1.165, 1.54) is 36.1 Å². The van der Waals surface area contributed by atoms with Crippen LogP contribution in [0.5, 0.6) is 0 Å². The van der Waals surface area contributed by atoms with Crippen LogP contribution in [0.4, 0.5) is 0 Å². The Morgan fingerprint density at radius 1 is 1.45 bits per heavy atom. The molecule has 1 nitrogen and oxygen atoms in total. The lowest BCUT2D eigenvalue weighted by Crippen LogP contribution is -1.94. The Balaban J connectivity index is 2.50. The van der Waals surface area contributed by atoms with Gasteiger partial charge in [-0.05, 0) is 42.9 Å². The molecule has 0 spiro atoms. The largest absolute Gasteiger partial charge is 0.261 e. The lowest BCUT2D eigenvalue weighted by atomic mass is 10.1. The molecule has 0 atom stereocenters. The van der Waals surface area contributed by atoms with Gasteiger partial charge < -0.3 is 0 Å². The normalized spacial score (nSPS) is 15.0. The van der Waals surface area contributed by atoms with Crippen molar-refractivity contribution in [2.45, 2.75) is 32.6 Å². The van der Waals surface area contributed by atoms with Gasteiger partial charge in [-0.25, -0.2) is 0 Å². The van der Waals surface area contributed by atoms with Gasteiger partial charge in [-0.2, -0.15) is 0 Å². The SMILES string of the molecule is CCc1nccc2c1CCC2. The van der Waals surface area contributed by atoms with E-state index in [1.807, 2.05) is 6.20 Å². The van der Waals surface area contributed by atoms with Gasteiger partial charge in [0.05, 0.1) is 0 Å². The van der Waals surface area contributed by atoms with Crippen molar-refractivity contribution in [2.75, 3.05) is 0 Å². The first kappa shape index (κ1) is 6.84. The number of nitrogens with zero attached hydrogens (tertiary/aromatic N) is 1. The van der Waals surface area contributed by atoms with Crippen molar-refractivity contribution in [1.29, 1.82) is 0 Å². The molecule has 1 heteroatoms. The van der Waals surface area contributed by atoms with Crippen LogP contribution >= 0.6 is 0 Å². The van der Waals surface area contributed by atoms with Crippen molar-refractivity contribution in [3.05, 3.63) is 29.1 Å². The Hall–Kier alpha value is -0.850. The van der Waals surface area contributed by atoms with Crippen LogP contribution < -0.4 is 0 Å². The monoisotopic (exact) mass is 147 g/mol. The Morgan fingerprint density at radius 2 is 2.36 bits per heavy atom. The lowest BCUT2D eigenvalue weighted by Gasteiger charge is -2.02. The topological polar surface area (TPSA) is 12.9 Å². The molecule has 0 aliphatic heterocycles. The molecule has 0 amide bonds. The minimum Gasteiger partial charge on any atom is -0.261 e. The molecule has 1 aromatic rings. The summed E-state index contributed by atoms with van der Waals surface area (Å²) in [6.07, 6.45) is 6.89. The number of pyridine rings is 1. The van der Waals surface area contributed by atoms with Crippen LogP contribution in [-0.2, 0) is 19.3 Å². The second-order valence-electron chi connectivity index (χ2n) is 3.10. The molecule has 1 heterocycles. The summed E-state index contributed by atoms with van der Waals surface area (Å²) in [6, 6.07) is 2.17. The summed E-state index contributed by atoms with van der Waals surface area (Å²) in [4.78, 5) is 4.37. The van der Waals surface area contributed by atoms with E-state index < -0.39 is 0 Å². The van der Waals surface area contributed by atoms with E-state index in [0.717, 1.165) is 6.42 Å². The van der Waals surface area contributed by atoms with E-state index >= 15 is 0 Å². The number of rotatable bonds is 1. The smallest absolute Gasteiger partial charge is 0.0435 e. The average molecular weight is 147 g/mol. The first-order valence-electron chi connectivity index (χ1n) is 4.37. The van der Waals surface area contributed by atoms with Crippen molar-refractivity contribution in [3.63, 3.8) is 0 Å². The van der Waals surface area contributed by atoms with Crippen LogP contribution in [0.15, 0.2) is 12.3 Å². The predicted octanol–water partition coefficient (Wildman–Crippen LogP) is 2.13. The first-order valence-corrected chi connectivity index (χ1v) is 4.37. The van der Waals surface area contributed by atoms with E-state index in [2.05, 4.69) is 18.0 Å². The third-order valence-corrected chi connectivity index (χ3v) is 2.45. The maximum Gasteiger partial charge on any atom is 0.0435 e. The predicted molar refractivity (Wildman–Crippen MR) is 45.6 cm³/mol. The van der Waals surface area contributed by atoms with Crippen LogP contribution in [-0.4, -0.2) is 4.98 Å². The number of aryl methyl sites for hydroxylation is 2. The molecule has 0 bridgehead atoms. The number of fused-ring (bicyclic) bond motifs is 1. The molecule has 0 radical (unpaired) electrons. The van der Waals surface area contributed by atoms with Crippen molar-refractivity contribution in [2.24, 2.45) is 0 Å². The third-order valence-electron chi connectivity index (χ3n) is 2.45. The summed E-state index contributed by atoms with van der Waals surface area (Å²) in [5, 5.41) is 0. The van der Waals surface area contributed by atoms with Crippen molar-refractivity contribution in [1.82, 2.24) is 4.98 Å². The van der Waals surface area contributed by atoms with E-state index in [-0.39, 0.29) is 0 Å². The van der Waals surface area contributed by atoms with E-state index in [9.17, 15) is 0 Å². The summed E-state index contributed by atoms with van der Waals surface area (Å²) in [7, 11) is 0. The molecule has 0 saturated heterocycles. The molecule has 2 rings (SSSR count). The van der Waals surface area contributed by atoms with Gasteiger partial charge in [0.15, 0.2) is 0 Å². The highest BCUT2D eigenvalue weighted by Crippen LogP contribution is 2.23. The van der Waals surface area contributed by atoms with Crippen LogP contribution in [0, 0.1) is 0 Å². The van der Waals surface area contributed by atoms with Gasteiger partial charge in [-0.3, -0.25) is 4.98 Å². The minimum absolute atomic E-state index is 1.09. The van der Waals surface area contributed by atoms with Gasteiger partial charge in [-0.1, -0.05) is 6.92 Å². The van der Waals surface area contributed by atoms with Crippen LogP contribution in [0.3, 0.4) is 0 Å². The molecular formula is C10H13N. The van der Waals surface area contributed by atoms with Gasteiger partial charge in [-0.15, -0.1) is 0 Å². The highest BCUT2D eigenvalue weighted by Gasteiger charge is 2.13. The molecule has 58 valence electrons. The maximum atomic E-state index is 4.37. The molecule has 0 N–H and O–H groups in total. The molecule has 1 aliphatic rings. The van der Waals surface area contributed by atoms with Crippen molar-refractivity contribution >= 4 is 0 Å². The second kappa shape index (κ2) is 2.65. The number of hydrogen-bond acceptors (Lipinski definition) is 1. The maximum absolute atomic E-state index is 4.37. The van der Waals surface area contributed by atoms with Gasteiger partial charge in [0.1, 0.15) is 0 Å². The molecule has 11 heavy (non-hydrogen) atoms. The van der Waals surface area contributed by atoms with Crippen LogP contribution in [0.2, 0.25) is 0 Å². The zero-order valence-corrected chi connectivity index (χ0v) is 6.93. The highest BCUT2D eigenvalue weighted by molar-refractivity contribution is 5.33. The van der Waals surface area contributed by atoms with Crippen molar-refractivity contribution < 1.29 is 0 Å². The molecule has 0 unspecified atom stereocenters. The fourth-order valence-corrected chi connectivity index (χ4v) is 1.88. The van der Waals surface area contributed by atoms with E-state index in [1.54, 1.807) is 0 Å². The zero-order chi connectivity index (χ0) is 7.68. The Bertz CT molecular complexity index is 266. The molecule has 0 saturated carbocycles.